The van der Waals surface area contributed by atoms with E-state index < -0.39 is 33.1 Å². The maximum Gasteiger partial charge on any atom is 0.336 e. The van der Waals surface area contributed by atoms with Crippen LogP contribution in [0.15, 0.2) is 48.5 Å². The van der Waals surface area contributed by atoms with E-state index >= 15 is 0 Å². The molecule has 122 valence electrons. The van der Waals surface area contributed by atoms with Crippen molar-refractivity contribution < 1.29 is 23.8 Å². The van der Waals surface area contributed by atoms with E-state index in [1.54, 1.807) is 0 Å². The van der Waals surface area contributed by atoms with E-state index in [1.807, 2.05) is 0 Å². The van der Waals surface area contributed by atoms with Crippen molar-refractivity contribution in [2.75, 3.05) is 0 Å². The molecule has 0 aliphatic carbocycles. The summed E-state index contributed by atoms with van der Waals surface area (Å²) in [5.41, 5.74) is -0.366. The number of nitrogens with zero attached hydrogens (tertiary/aromatic N) is 2. The summed E-state index contributed by atoms with van der Waals surface area (Å²) in [6.07, 6.45) is 2.16. The Morgan fingerprint density at radius 3 is 2.50 bits per heavy atom. The van der Waals surface area contributed by atoms with Crippen LogP contribution >= 0.6 is 0 Å². The van der Waals surface area contributed by atoms with Crippen LogP contribution in [0.4, 0.5) is 15.8 Å². The van der Waals surface area contributed by atoms with Gasteiger partial charge in [0.1, 0.15) is 5.82 Å². The molecule has 2 aromatic rings. The first-order valence-corrected chi connectivity index (χ1v) is 6.45. The topological polar surface area (TPSA) is 113 Å². The summed E-state index contributed by atoms with van der Waals surface area (Å²) in [5.74, 6) is -2.32. The first-order valence-electron chi connectivity index (χ1n) is 6.45. The Kier molecular flexibility index (Phi) is 4.95. The second kappa shape index (κ2) is 7.09. The normalized spacial score (nSPS) is 10.5. The fraction of sp³-hybridized carbons (Fsp3) is 0. The molecule has 24 heavy (non-hydrogen) atoms. The van der Waals surface area contributed by atoms with Crippen molar-refractivity contribution >= 4 is 23.4 Å². The number of rotatable bonds is 5. The lowest BCUT2D eigenvalue weighted by molar-refractivity contribution is -0.385. The fourth-order valence-corrected chi connectivity index (χ4v) is 1.77. The predicted molar refractivity (Wildman–Crippen MR) is 80.8 cm³/mol. The largest absolute Gasteiger partial charge is 0.416 e. The smallest absolute Gasteiger partial charge is 0.336 e. The first kappa shape index (κ1) is 16.7. The van der Waals surface area contributed by atoms with E-state index in [2.05, 4.69) is 0 Å². The minimum atomic E-state index is -0.991. The summed E-state index contributed by atoms with van der Waals surface area (Å²) in [7, 11) is 0. The second-order valence-electron chi connectivity index (χ2n) is 4.48. The van der Waals surface area contributed by atoms with Crippen LogP contribution in [0.5, 0.6) is 5.75 Å². The van der Waals surface area contributed by atoms with E-state index in [-0.39, 0.29) is 5.69 Å². The van der Waals surface area contributed by atoms with Crippen LogP contribution in [0.3, 0.4) is 0 Å². The van der Waals surface area contributed by atoms with Gasteiger partial charge in [-0.1, -0.05) is 12.1 Å². The lowest BCUT2D eigenvalue weighted by Crippen LogP contribution is -2.06. The third kappa shape index (κ3) is 4.19. The minimum Gasteiger partial charge on any atom is -0.416 e. The molecular formula is C15H9FN2O6. The highest BCUT2D eigenvalue weighted by Gasteiger charge is 2.18. The van der Waals surface area contributed by atoms with Crippen LogP contribution in [0.1, 0.15) is 5.56 Å². The van der Waals surface area contributed by atoms with Gasteiger partial charge in [0.25, 0.3) is 5.69 Å². The Morgan fingerprint density at radius 1 is 1.08 bits per heavy atom. The Bertz CT molecular complexity index is 850. The molecule has 0 atom stereocenters. The number of hydrogen-bond donors (Lipinski definition) is 0. The van der Waals surface area contributed by atoms with Crippen molar-refractivity contribution in [1.29, 1.82) is 0 Å². The van der Waals surface area contributed by atoms with Crippen LogP contribution < -0.4 is 4.74 Å². The van der Waals surface area contributed by atoms with Crippen LogP contribution in [0.2, 0.25) is 0 Å². The van der Waals surface area contributed by atoms with Gasteiger partial charge < -0.3 is 4.74 Å². The molecular weight excluding hydrogens is 323 g/mol. The highest BCUT2D eigenvalue weighted by atomic mass is 19.1. The number of carbonyl (C=O) groups is 1. The van der Waals surface area contributed by atoms with Crippen molar-refractivity contribution in [3.05, 3.63) is 80.1 Å². The van der Waals surface area contributed by atoms with E-state index in [0.29, 0.717) is 5.56 Å². The Labute approximate surface area is 134 Å². The Hall–Kier alpha value is -3.62. The predicted octanol–water partition coefficient (Wildman–Crippen LogP) is 3.26. The highest BCUT2D eigenvalue weighted by molar-refractivity contribution is 5.89. The molecule has 0 bridgehead atoms. The average molecular weight is 332 g/mol. The van der Waals surface area contributed by atoms with E-state index in [0.717, 1.165) is 24.3 Å². The summed E-state index contributed by atoms with van der Waals surface area (Å²) in [4.78, 5) is 31.8. The molecule has 0 saturated heterocycles. The van der Waals surface area contributed by atoms with Crippen molar-refractivity contribution in [3.63, 3.8) is 0 Å². The maximum atomic E-state index is 13.1. The van der Waals surface area contributed by atoms with Crippen LogP contribution in [0, 0.1) is 26.0 Å². The van der Waals surface area contributed by atoms with Crippen LogP contribution in [-0.2, 0) is 4.79 Å². The molecule has 0 aliphatic heterocycles. The quantitative estimate of drug-likeness (QED) is 0.273. The molecule has 0 aromatic heterocycles. The molecule has 0 saturated carbocycles. The number of benzene rings is 2. The van der Waals surface area contributed by atoms with Crippen LogP contribution in [0.25, 0.3) is 6.08 Å². The zero-order valence-corrected chi connectivity index (χ0v) is 11.9. The van der Waals surface area contributed by atoms with Gasteiger partial charge in [-0.2, -0.15) is 0 Å². The zero-order valence-electron chi connectivity index (χ0n) is 11.9. The first-order chi connectivity index (χ1) is 11.4. The summed E-state index contributed by atoms with van der Waals surface area (Å²) in [6, 6.07) is 7.93. The van der Waals surface area contributed by atoms with Gasteiger partial charge in [-0.05, 0) is 17.7 Å². The molecule has 2 aromatic carbocycles. The van der Waals surface area contributed by atoms with E-state index in [4.69, 9.17) is 4.74 Å². The van der Waals surface area contributed by atoms with Crippen molar-refractivity contribution in [1.82, 2.24) is 0 Å². The van der Waals surface area contributed by atoms with Gasteiger partial charge in [0.15, 0.2) is 0 Å². The van der Waals surface area contributed by atoms with E-state index in [9.17, 15) is 29.4 Å². The number of hydrogen-bond acceptors (Lipinski definition) is 6. The van der Waals surface area contributed by atoms with Gasteiger partial charge in [-0.15, -0.1) is 0 Å². The van der Waals surface area contributed by atoms with Gasteiger partial charge in [0, 0.05) is 30.3 Å². The van der Waals surface area contributed by atoms with Gasteiger partial charge in [-0.25, -0.2) is 9.18 Å². The molecule has 0 fully saturated rings. The molecule has 0 N–H and O–H groups in total. The molecule has 0 spiro atoms. The van der Waals surface area contributed by atoms with Crippen molar-refractivity contribution in [2.24, 2.45) is 0 Å². The van der Waals surface area contributed by atoms with Crippen molar-refractivity contribution in [3.8, 4) is 5.75 Å². The number of esters is 1. The monoisotopic (exact) mass is 332 g/mol. The van der Waals surface area contributed by atoms with Gasteiger partial charge in [0.2, 0.25) is 5.75 Å². The summed E-state index contributed by atoms with van der Waals surface area (Å²) < 4.78 is 17.9. The second-order valence-corrected chi connectivity index (χ2v) is 4.48. The molecule has 0 amide bonds. The Balaban J connectivity index is 2.17. The SMILES string of the molecule is O=C(/C=C/c1cccc([N+](=O)[O-])c1)Oc1cc(F)ccc1[N+](=O)[O-]. The molecule has 0 radical (unpaired) electrons. The van der Waals surface area contributed by atoms with Crippen molar-refractivity contribution in [2.45, 2.75) is 0 Å². The number of non-ortho nitro benzene ring substituents is 1. The standard InChI is InChI=1S/C15H9FN2O6/c16-11-5-6-13(18(22)23)14(9-11)24-15(19)7-4-10-2-1-3-12(8-10)17(20)21/h1-9H/b7-4+. The number of ether oxygens (including phenoxy) is 1. The lowest BCUT2D eigenvalue weighted by Gasteiger charge is -2.02. The summed E-state index contributed by atoms with van der Waals surface area (Å²) >= 11 is 0. The van der Waals surface area contributed by atoms with Gasteiger partial charge in [0.05, 0.1) is 9.85 Å². The number of nitro benzene ring substituents is 2. The molecule has 8 nitrogen and oxygen atoms in total. The molecule has 0 heterocycles. The molecule has 0 unspecified atom stereocenters. The lowest BCUT2D eigenvalue weighted by atomic mass is 10.2. The number of nitro groups is 2. The van der Waals surface area contributed by atoms with Crippen LogP contribution in [-0.4, -0.2) is 15.8 Å². The summed E-state index contributed by atoms with van der Waals surface area (Å²) in [6.45, 7) is 0. The third-order valence-corrected chi connectivity index (χ3v) is 2.82. The highest BCUT2D eigenvalue weighted by Crippen LogP contribution is 2.27. The van der Waals surface area contributed by atoms with Gasteiger partial charge in [-0.3, -0.25) is 20.2 Å². The maximum absolute atomic E-state index is 13.1. The third-order valence-electron chi connectivity index (χ3n) is 2.82. The van der Waals surface area contributed by atoms with E-state index in [1.165, 1.54) is 30.3 Å². The Morgan fingerprint density at radius 2 is 1.83 bits per heavy atom. The zero-order chi connectivity index (χ0) is 17.7. The molecule has 0 aliphatic rings. The molecule has 2 rings (SSSR count). The minimum absolute atomic E-state index is 0.161. The summed E-state index contributed by atoms with van der Waals surface area (Å²) in [5, 5.41) is 21.5. The molecule has 9 heteroatoms. The average Bonchev–Trinajstić information content (AvgIpc) is 2.53. The van der Waals surface area contributed by atoms with Gasteiger partial charge >= 0.3 is 11.7 Å². The number of carbonyl (C=O) groups excluding carboxylic acids is 1. The fourth-order valence-electron chi connectivity index (χ4n) is 1.77. The number of halogens is 1.